The Hall–Kier alpha value is -2.38. The average molecular weight is 388 g/mol. The second kappa shape index (κ2) is 8.54. The van der Waals surface area contributed by atoms with Crippen molar-refractivity contribution in [3.05, 3.63) is 54.1 Å². The number of hydrogen-bond acceptors (Lipinski definition) is 4. The first-order chi connectivity index (χ1) is 12.9. The first-order valence-corrected chi connectivity index (χ1v) is 10.5. The molecule has 0 unspecified atom stereocenters. The van der Waals surface area contributed by atoms with Gasteiger partial charge in [-0.3, -0.25) is 4.79 Å². The quantitative estimate of drug-likeness (QED) is 0.763. The molecule has 1 saturated carbocycles. The van der Waals surface area contributed by atoms with Crippen LogP contribution in [0, 0.1) is 6.92 Å². The van der Waals surface area contributed by atoms with E-state index >= 15 is 0 Å². The summed E-state index contributed by atoms with van der Waals surface area (Å²) in [4.78, 5) is 12.1. The summed E-state index contributed by atoms with van der Waals surface area (Å²) in [7, 11) is -3.77. The van der Waals surface area contributed by atoms with E-state index in [1.807, 2.05) is 25.1 Å². The highest BCUT2D eigenvalue weighted by molar-refractivity contribution is 7.89. The fraction of sp³-hybridized carbons (Fsp3) is 0.350. The zero-order valence-corrected chi connectivity index (χ0v) is 16.1. The topological polar surface area (TPSA) is 84.5 Å². The van der Waals surface area contributed by atoms with Crippen molar-refractivity contribution in [2.24, 2.45) is 0 Å². The molecule has 144 valence electrons. The van der Waals surface area contributed by atoms with Gasteiger partial charge in [-0.2, -0.15) is 0 Å². The lowest BCUT2D eigenvalue weighted by Crippen LogP contribution is -2.32. The van der Waals surface area contributed by atoms with Crippen LogP contribution in [0.5, 0.6) is 5.75 Å². The highest BCUT2D eigenvalue weighted by atomic mass is 32.2. The fourth-order valence-electron chi connectivity index (χ4n) is 3.07. The zero-order chi connectivity index (χ0) is 19.3. The van der Waals surface area contributed by atoms with Crippen LogP contribution in [0.3, 0.4) is 0 Å². The number of anilines is 1. The van der Waals surface area contributed by atoms with Crippen molar-refractivity contribution in [2.45, 2.75) is 43.6 Å². The molecular weight excluding hydrogens is 364 g/mol. The van der Waals surface area contributed by atoms with Crippen LogP contribution in [0.4, 0.5) is 5.69 Å². The van der Waals surface area contributed by atoms with Gasteiger partial charge in [-0.25, -0.2) is 13.1 Å². The summed E-state index contributed by atoms with van der Waals surface area (Å²) in [5, 5.41) is 2.67. The molecule has 0 saturated heterocycles. The van der Waals surface area contributed by atoms with E-state index in [0.29, 0.717) is 11.4 Å². The second-order valence-corrected chi connectivity index (χ2v) is 8.50. The maximum atomic E-state index is 12.4. The molecule has 1 aliphatic carbocycles. The van der Waals surface area contributed by atoms with Crippen LogP contribution < -0.4 is 14.8 Å². The van der Waals surface area contributed by atoms with E-state index < -0.39 is 15.9 Å². The minimum Gasteiger partial charge on any atom is -0.490 e. The second-order valence-electron chi connectivity index (χ2n) is 6.74. The lowest BCUT2D eigenvalue weighted by molar-refractivity contribution is -0.115. The van der Waals surface area contributed by atoms with Crippen LogP contribution in [-0.4, -0.2) is 27.0 Å². The third-order valence-electron chi connectivity index (χ3n) is 4.46. The molecule has 0 aromatic heterocycles. The molecule has 0 aliphatic heterocycles. The number of amides is 1. The predicted molar refractivity (Wildman–Crippen MR) is 104 cm³/mol. The minimum absolute atomic E-state index is 0.102. The smallest absolute Gasteiger partial charge is 0.241 e. The van der Waals surface area contributed by atoms with Crippen LogP contribution >= 0.6 is 0 Å². The van der Waals surface area contributed by atoms with Crippen molar-refractivity contribution >= 4 is 21.6 Å². The summed E-state index contributed by atoms with van der Waals surface area (Å²) in [6.07, 6.45) is 4.64. The highest BCUT2D eigenvalue weighted by Gasteiger charge is 2.18. The van der Waals surface area contributed by atoms with E-state index in [1.54, 1.807) is 18.2 Å². The van der Waals surface area contributed by atoms with Gasteiger partial charge in [0.2, 0.25) is 15.9 Å². The Morgan fingerprint density at radius 1 is 1.11 bits per heavy atom. The third kappa shape index (κ3) is 5.55. The van der Waals surface area contributed by atoms with Gasteiger partial charge in [-0.1, -0.05) is 12.1 Å². The third-order valence-corrected chi connectivity index (χ3v) is 5.88. The van der Waals surface area contributed by atoms with Crippen molar-refractivity contribution in [2.75, 3.05) is 11.9 Å². The maximum absolute atomic E-state index is 12.4. The minimum atomic E-state index is -3.77. The van der Waals surface area contributed by atoms with Crippen molar-refractivity contribution in [3.63, 3.8) is 0 Å². The zero-order valence-electron chi connectivity index (χ0n) is 15.3. The molecule has 3 rings (SSSR count). The van der Waals surface area contributed by atoms with Gasteiger partial charge in [0.05, 0.1) is 17.5 Å². The number of aryl methyl sites for hydroxylation is 1. The monoisotopic (exact) mass is 388 g/mol. The molecule has 2 N–H and O–H groups in total. The van der Waals surface area contributed by atoms with E-state index in [9.17, 15) is 13.2 Å². The van der Waals surface area contributed by atoms with Crippen LogP contribution in [-0.2, 0) is 14.8 Å². The summed E-state index contributed by atoms with van der Waals surface area (Å²) in [5.41, 5.74) is 1.64. The van der Waals surface area contributed by atoms with Gasteiger partial charge in [-0.05, 0) is 74.6 Å². The summed E-state index contributed by atoms with van der Waals surface area (Å²) in [6, 6.07) is 13.6. The van der Waals surface area contributed by atoms with Crippen molar-refractivity contribution in [1.29, 1.82) is 0 Å². The molecule has 0 spiro atoms. The molecular formula is C20H24N2O4S. The first-order valence-electron chi connectivity index (χ1n) is 9.05. The van der Waals surface area contributed by atoms with E-state index in [-0.39, 0.29) is 17.5 Å². The van der Waals surface area contributed by atoms with Crippen LogP contribution in [0.25, 0.3) is 0 Å². The van der Waals surface area contributed by atoms with Gasteiger partial charge in [0, 0.05) is 5.69 Å². The highest BCUT2D eigenvalue weighted by Crippen LogP contribution is 2.24. The summed E-state index contributed by atoms with van der Waals surface area (Å²) < 4.78 is 32.9. The molecule has 1 fully saturated rings. The Morgan fingerprint density at radius 2 is 1.81 bits per heavy atom. The molecule has 1 aliphatic rings. The SMILES string of the molecule is Cc1cccc(NC(=O)CNS(=O)(=O)c2ccc(OC3CCCC3)cc2)c1. The molecule has 7 heteroatoms. The Kier molecular flexibility index (Phi) is 6.13. The number of nitrogens with one attached hydrogen (secondary N) is 2. The van der Waals surface area contributed by atoms with E-state index in [2.05, 4.69) is 10.0 Å². The molecule has 6 nitrogen and oxygen atoms in total. The number of benzene rings is 2. The molecule has 2 aromatic rings. The van der Waals surface area contributed by atoms with E-state index in [4.69, 9.17) is 4.74 Å². The Balaban J connectivity index is 1.55. The number of carbonyl (C=O) groups is 1. The fourth-order valence-corrected chi connectivity index (χ4v) is 4.05. The van der Waals surface area contributed by atoms with Crippen LogP contribution in [0.15, 0.2) is 53.4 Å². The molecule has 0 radical (unpaired) electrons. The predicted octanol–water partition coefficient (Wildman–Crippen LogP) is 3.23. The van der Waals surface area contributed by atoms with Crippen LogP contribution in [0.2, 0.25) is 0 Å². The molecule has 0 heterocycles. The number of sulfonamides is 1. The van der Waals surface area contributed by atoms with E-state index in [1.165, 1.54) is 25.0 Å². The first kappa shape index (κ1) is 19.4. The molecule has 2 aromatic carbocycles. The van der Waals surface area contributed by atoms with Crippen molar-refractivity contribution in [1.82, 2.24) is 4.72 Å². The van der Waals surface area contributed by atoms with Crippen molar-refractivity contribution < 1.29 is 17.9 Å². The van der Waals surface area contributed by atoms with Gasteiger partial charge in [0.15, 0.2) is 0 Å². The molecule has 0 bridgehead atoms. The van der Waals surface area contributed by atoms with Crippen LogP contribution in [0.1, 0.15) is 31.2 Å². The van der Waals surface area contributed by atoms with Gasteiger partial charge >= 0.3 is 0 Å². The van der Waals surface area contributed by atoms with Gasteiger partial charge < -0.3 is 10.1 Å². The van der Waals surface area contributed by atoms with Gasteiger partial charge in [0.25, 0.3) is 0 Å². The summed E-state index contributed by atoms with van der Waals surface area (Å²) in [5.74, 6) is 0.239. The maximum Gasteiger partial charge on any atom is 0.241 e. The van der Waals surface area contributed by atoms with Gasteiger partial charge in [-0.15, -0.1) is 0 Å². The number of carbonyl (C=O) groups excluding carboxylic acids is 1. The Morgan fingerprint density at radius 3 is 2.48 bits per heavy atom. The number of rotatable bonds is 7. The lowest BCUT2D eigenvalue weighted by atomic mass is 10.2. The number of ether oxygens (including phenoxy) is 1. The lowest BCUT2D eigenvalue weighted by Gasteiger charge is -2.13. The van der Waals surface area contributed by atoms with E-state index in [0.717, 1.165) is 18.4 Å². The molecule has 0 atom stereocenters. The van der Waals surface area contributed by atoms with Gasteiger partial charge in [0.1, 0.15) is 5.75 Å². The number of hydrogen-bond donors (Lipinski definition) is 2. The summed E-state index contributed by atoms with van der Waals surface area (Å²) in [6.45, 7) is 1.58. The Labute approximate surface area is 160 Å². The standard InChI is InChI=1S/C20H24N2O4S/c1-15-5-4-6-16(13-15)22-20(23)14-21-27(24,25)19-11-9-18(10-12-19)26-17-7-2-3-8-17/h4-6,9-13,17,21H,2-3,7-8,14H2,1H3,(H,22,23). The average Bonchev–Trinajstić information content (AvgIpc) is 3.14. The largest absolute Gasteiger partial charge is 0.490 e. The van der Waals surface area contributed by atoms with Crippen molar-refractivity contribution in [3.8, 4) is 5.75 Å². The normalized spacial score (nSPS) is 14.9. The summed E-state index contributed by atoms with van der Waals surface area (Å²) >= 11 is 0. The molecule has 1 amide bonds. The Bertz CT molecular complexity index is 888. The molecule has 27 heavy (non-hydrogen) atoms.